The number of nitrogens with zero attached hydrogens (tertiary/aromatic N) is 3. The van der Waals surface area contributed by atoms with E-state index in [9.17, 15) is 0 Å². The highest BCUT2D eigenvalue weighted by Crippen LogP contribution is 2.44. The van der Waals surface area contributed by atoms with Crippen molar-refractivity contribution in [3.05, 3.63) is 47.3 Å². The molecule has 4 rings (SSSR count). The van der Waals surface area contributed by atoms with E-state index in [2.05, 4.69) is 21.2 Å². The lowest BCUT2D eigenvalue weighted by Gasteiger charge is -2.13. The van der Waals surface area contributed by atoms with Crippen molar-refractivity contribution in [1.29, 1.82) is 5.26 Å². The maximum Gasteiger partial charge on any atom is 0.161 e. The van der Waals surface area contributed by atoms with Crippen molar-refractivity contribution in [1.82, 2.24) is 15.2 Å². The fourth-order valence-electron chi connectivity index (χ4n) is 3.31. The van der Waals surface area contributed by atoms with Crippen molar-refractivity contribution < 1.29 is 9.47 Å². The van der Waals surface area contributed by atoms with Crippen LogP contribution in [-0.2, 0) is 6.42 Å². The molecular formula is C20H18N4O2. The fraction of sp³-hybridized carbons (Fsp3) is 0.250. The van der Waals surface area contributed by atoms with Crippen molar-refractivity contribution in [3.63, 3.8) is 0 Å². The fourth-order valence-corrected chi connectivity index (χ4v) is 3.31. The Morgan fingerprint density at radius 3 is 2.58 bits per heavy atom. The molecule has 3 aromatic rings. The molecular weight excluding hydrogens is 328 g/mol. The van der Waals surface area contributed by atoms with Gasteiger partial charge < -0.3 is 9.47 Å². The topological polar surface area (TPSA) is 83.8 Å². The van der Waals surface area contributed by atoms with E-state index in [1.54, 1.807) is 12.3 Å². The van der Waals surface area contributed by atoms with Gasteiger partial charge >= 0.3 is 0 Å². The van der Waals surface area contributed by atoms with Crippen LogP contribution in [0.25, 0.3) is 22.5 Å². The molecule has 6 nitrogen and oxygen atoms in total. The van der Waals surface area contributed by atoms with Gasteiger partial charge in [0.05, 0.1) is 24.6 Å². The van der Waals surface area contributed by atoms with E-state index < -0.39 is 0 Å². The van der Waals surface area contributed by atoms with Crippen molar-refractivity contribution >= 4 is 0 Å². The lowest BCUT2D eigenvalue weighted by Crippen LogP contribution is -1.99. The van der Waals surface area contributed by atoms with E-state index in [0.29, 0.717) is 18.9 Å². The van der Waals surface area contributed by atoms with Crippen LogP contribution in [0.4, 0.5) is 0 Å². The number of benzene rings is 1. The monoisotopic (exact) mass is 346 g/mol. The smallest absolute Gasteiger partial charge is 0.161 e. The Bertz CT molecular complexity index is 1000. The highest BCUT2D eigenvalue weighted by Gasteiger charge is 2.27. The molecule has 1 aliphatic carbocycles. The van der Waals surface area contributed by atoms with Crippen LogP contribution in [0.1, 0.15) is 30.7 Å². The summed E-state index contributed by atoms with van der Waals surface area (Å²) < 4.78 is 11.5. The molecule has 0 amide bonds. The Balaban J connectivity index is 1.76. The Morgan fingerprint density at radius 2 is 1.92 bits per heavy atom. The number of nitriles is 1. The van der Waals surface area contributed by atoms with Gasteiger partial charge in [-0.05, 0) is 43.7 Å². The number of hydrogen-bond donors (Lipinski definition) is 1. The first-order chi connectivity index (χ1) is 12.7. The third kappa shape index (κ3) is 2.58. The lowest BCUT2D eigenvalue weighted by atomic mass is 10.1. The summed E-state index contributed by atoms with van der Waals surface area (Å²) in [6.45, 7) is 5.09. The molecule has 0 bridgehead atoms. The third-order valence-electron chi connectivity index (χ3n) is 4.42. The molecule has 0 saturated carbocycles. The molecule has 26 heavy (non-hydrogen) atoms. The van der Waals surface area contributed by atoms with Gasteiger partial charge in [-0.15, -0.1) is 0 Å². The number of ether oxygens (including phenoxy) is 2. The number of aromatic nitrogens is 3. The molecule has 0 fully saturated rings. The van der Waals surface area contributed by atoms with Gasteiger partial charge in [0.15, 0.2) is 11.5 Å². The van der Waals surface area contributed by atoms with E-state index >= 15 is 0 Å². The maximum absolute atomic E-state index is 8.91. The number of H-pyrrole nitrogens is 1. The predicted octanol–water partition coefficient (Wildman–Crippen LogP) is 3.71. The van der Waals surface area contributed by atoms with Crippen LogP contribution in [0.2, 0.25) is 0 Å². The van der Waals surface area contributed by atoms with Crippen LogP contribution in [0.15, 0.2) is 30.5 Å². The Morgan fingerprint density at radius 1 is 1.15 bits per heavy atom. The molecule has 0 spiro atoms. The van der Waals surface area contributed by atoms with Crippen molar-refractivity contribution in [3.8, 4) is 40.1 Å². The van der Waals surface area contributed by atoms with Crippen LogP contribution in [-0.4, -0.2) is 28.4 Å². The van der Waals surface area contributed by atoms with Crippen molar-refractivity contribution in [2.24, 2.45) is 0 Å². The SMILES string of the molecule is CCOc1cc2c(cc1OCC)-c1[nH]nc(-c3ccc(C#N)nc3)c1C2. The molecule has 130 valence electrons. The summed E-state index contributed by atoms with van der Waals surface area (Å²) in [6.07, 6.45) is 2.46. The third-order valence-corrected chi connectivity index (χ3v) is 4.42. The van der Waals surface area contributed by atoms with E-state index in [1.807, 2.05) is 32.0 Å². The molecule has 0 unspecified atom stereocenters. The number of rotatable bonds is 5. The second-order valence-electron chi connectivity index (χ2n) is 5.97. The molecule has 0 radical (unpaired) electrons. The average Bonchev–Trinajstić information content (AvgIpc) is 3.22. The Kier molecular flexibility index (Phi) is 4.05. The molecule has 6 heteroatoms. The van der Waals surface area contributed by atoms with Gasteiger partial charge in [-0.3, -0.25) is 5.10 Å². The molecule has 0 atom stereocenters. The number of pyridine rings is 1. The highest BCUT2D eigenvalue weighted by atomic mass is 16.5. The summed E-state index contributed by atoms with van der Waals surface area (Å²) in [7, 11) is 0. The van der Waals surface area contributed by atoms with Gasteiger partial charge in [-0.25, -0.2) is 4.98 Å². The van der Waals surface area contributed by atoms with Gasteiger partial charge in [0.2, 0.25) is 0 Å². The van der Waals surface area contributed by atoms with Crippen LogP contribution < -0.4 is 9.47 Å². The van der Waals surface area contributed by atoms with Crippen molar-refractivity contribution in [2.45, 2.75) is 20.3 Å². The quantitative estimate of drug-likeness (QED) is 0.595. The zero-order valence-corrected chi connectivity index (χ0v) is 14.7. The maximum atomic E-state index is 8.91. The summed E-state index contributed by atoms with van der Waals surface area (Å²) in [5, 5.41) is 16.5. The second-order valence-corrected chi connectivity index (χ2v) is 5.97. The highest BCUT2D eigenvalue weighted by molar-refractivity contribution is 5.82. The summed E-state index contributed by atoms with van der Waals surface area (Å²) >= 11 is 0. The molecule has 1 aliphatic rings. The largest absolute Gasteiger partial charge is 0.490 e. The van der Waals surface area contributed by atoms with Gasteiger partial charge in [0.1, 0.15) is 11.8 Å². The summed E-state index contributed by atoms with van der Waals surface area (Å²) in [6, 6.07) is 9.70. The molecule has 1 N–H and O–H groups in total. The average molecular weight is 346 g/mol. The van der Waals surface area contributed by atoms with Gasteiger partial charge in [-0.1, -0.05) is 0 Å². The van der Waals surface area contributed by atoms with Gasteiger partial charge in [0, 0.05) is 29.3 Å². The number of fused-ring (bicyclic) bond motifs is 3. The zero-order valence-electron chi connectivity index (χ0n) is 14.7. The molecule has 2 heterocycles. The number of aromatic amines is 1. The van der Waals surface area contributed by atoms with Crippen LogP contribution in [0, 0.1) is 11.3 Å². The van der Waals surface area contributed by atoms with Crippen molar-refractivity contribution in [2.75, 3.05) is 13.2 Å². The first-order valence-corrected chi connectivity index (χ1v) is 8.61. The molecule has 0 saturated heterocycles. The van der Waals surface area contributed by atoms with E-state index in [-0.39, 0.29) is 0 Å². The zero-order chi connectivity index (χ0) is 18.1. The van der Waals surface area contributed by atoms with Crippen LogP contribution >= 0.6 is 0 Å². The standard InChI is InChI=1S/C20H18N4O2/c1-3-25-17-8-13-7-16-19(12-5-6-14(10-21)22-11-12)23-24-20(16)15(13)9-18(17)26-4-2/h5-6,8-9,11H,3-4,7H2,1-2H3,(H,23,24). The number of hydrogen-bond acceptors (Lipinski definition) is 5. The van der Waals surface area contributed by atoms with E-state index in [4.69, 9.17) is 14.7 Å². The summed E-state index contributed by atoms with van der Waals surface area (Å²) in [5.74, 6) is 1.52. The normalized spacial score (nSPS) is 11.6. The first-order valence-electron chi connectivity index (χ1n) is 8.61. The van der Waals surface area contributed by atoms with E-state index in [1.165, 1.54) is 5.56 Å². The summed E-state index contributed by atoms with van der Waals surface area (Å²) in [5.41, 5.74) is 6.56. The minimum Gasteiger partial charge on any atom is -0.490 e. The first kappa shape index (κ1) is 16.2. The minimum absolute atomic E-state index is 0.395. The second kappa shape index (κ2) is 6.52. The Labute approximate surface area is 151 Å². The predicted molar refractivity (Wildman–Crippen MR) is 97.1 cm³/mol. The summed E-state index contributed by atoms with van der Waals surface area (Å²) in [4.78, 5) is 4.15. The minimum atomic E-state index is 0.395. The van der Waals surface area contributed by atoms with E-state index in [0.717, 1.165) is 46.0 Å². The molecule has 0 aliphatic heterocycles. The molecule has 1 aromatic carbocycles. The Hall–Kier alpha value is -3.33. The van der Waals surface area contributed by atoms with Crippen LogP contribution in [0.3, 0.4) is 0 Å². The lowest BCUT2D eigenvalue weighted by molar-refractivity contribution is 0.287. The molecule has 2 aromatic heterocycles. The number of nitrogens with one attached hydrogen (secondary N) is 1. The van der Waals surface area contributed by atoms with Crippen LogP contribution in [0.5, 0.6) is 11.5 Å². The van der Waals surface area contributed by atoms with Gasteiger partial charge in [0.25, 0.3) is 0 Å². The van der Waals surface area contributed by atoms with Gasteiger partial charge in [-0.2, -0.15) is 10.4 Å².